The Morgan fingerprint density at radius 1 is 1.35 bits per heavy atom. The first-order chi connectivity index (χ1) is 9.52. The maximum atomic E-state index is 10.6. The van der Waals surface area contributed by atoms with Gasteiger partial charge in [-0.3, -0.25) is 15.8 Å². The van der Waals surface area contributed by atoms with Crippen LogP contribution in [0.5, 0.6) is 0 Å². The second-order valence-corrected chi connectivity index (χ2v) is 4.58. The molecule has 1 aromatic rings. The number of nitrogens with two attached hydrogens (primary N) is 1. The molecule has 0 amide bonds. The lowest BCUT2D eigenvalue weighted by Gasteiger charge is -2.25. The van der Waals surface area contributed by atoms with Crippen molar-refractivity contribution in [1.29, 1.82) is 0 Å². The lowest BCUT2D eigenvalue weighted by atomic mass is 9.99. The fourth-order valence-electron chi connectivity index (χ4n) is 1.83. The van der Waals surface area contributed by atoms with Crippen LogP contribution in [0.1, 0.15) is 12.0 Å². The zero-order valence-corrected chi connectivity index (χ0v) is 11.2. The van der Waals surface area contributed by atoms with Crippen molar-refractivity contribution in [2.24, 2.45) is 5.73 Å². The number of hydrogen-bond acceptors (Lipinski definition) is 4. The normalized spacial score (nSPS) is 22.0. The van der Waals surface area contributed by atoms with E-state index in [9.17, 15) is 10.1 Å². The van der Waals surface area contributed by atoms with Crippen molar-refractivity contribution < 1.29 is 9.66 Å². The van der Waals surface area contributed by atoms with Crippen LogP contribution in [0.3, 0.4) is 0 Å². The fourth-order valence-corrected chi connectivity index (χ4v) is 1.83. The van der Waals surface area contributed by atoms with E-state index in [1.54, 1.807) is 19.2 Å². The average Bonchev–Trinajstić information content (AvgIpc) is 2.47. The number of ether oxygens (including phenoxy) is 1. The largest absolute Gasteiger partial charge is 0.360 e. The molecule has 1 aliphatic rings. The lowest BCUT2D eigenvalue weighted by molar-refractivity contribution is -0.384. The van der Waals surface area contributed by atoms with Gasteiger partial charge in [0.15, 0.2) is 0 Å². The summed E-state index contributed by atoms with van der Waals surface area (Å²) in [7, 11) is 1.58. The van der Waals surface area contributed by atoms with Gasteiger partial charge in [0.05, 0.1) is 4.92 Å². The summed E-state index contributed by atoms with van der Waals surface area (Å²) in [5.74, 6) is 0. The predicted octanol–water partition coefficient (Wildman–Crippen LogP) is 2.80. The van der Waals surface area contributed by atoms with Crippen molar-refractivity contribution in [2.75, 3.05) is 7.11 Å². The molecule has 2 N–H and O–H groups in total. The van der Waals surface area contributed by atoms with Crippen LogP contribution in [0.2, 0.25) is 0 Å². The van der Waals surface area contributed by atoms with Gasteiger partial charge in [0.2, 0.25) is 0 Å². The van der Waals surface area contributed by atoms with Crippen molar-refractivity contribution in [2.45, 2.75) is 12.1 Å². The summed E-state index contributed by atoms with van der Waals surface area (Å²) in [6, 6.07) is 6.40. The smallest absolute Gasteiger partial charge is 0.269 e. The van der Waals surface area contributed by atoms with Crippen LogP contribution in [0, 0.1) is 10.1 Å². The first kappa shape index (κ1) is 14.2. The van der Waals surface area contributed by atoms with Gasteiger partial charge >= 0.3 is 0 Å². The highest BCUT2D eigenvalue weighted by atomic mass is 16.6. The van der Waals surface area contributed by atoms with Gasteiger partial charge in [-0.25, -0.2) is 0 Å². The Labute approximate surface area is 117 Å². The van der Waals surface area contributed by atoms with Crippen molar-refractivity contribution in [3.8, 4) is 0 Å². The third-order valence-corrected chi connectivity index (χ3v) is 3.17. The predicted molar refractivity (Wildman–Crippen MR) is 77.9 cm³/mol. The van der Waals surface area contributed by atoms with Crippen LogP contribution in [-0.4, -0.2) is 17.8 Å². The van der Waals surface area contributed by atoms with Crippen molar-refractivity contribution >= 4 is 11.8 Å². The Morgan fingerprint density at radius 2 is 2.05 bits per heavy atom. The summed E-state index contributed by atoms with van der Waals surface area (Å²) >= 11 is 0. The second-order valence-electron chi connectivity index (χ2n) is 4.58. The molecular weight excluding hydrogens is 256 g/mol. The van der Waals surface area contributed by atoms with E-state index >= 15 is 0 Å². The summed E-state index contributed by atoms with van der Waals surface area (Å²) in [4.78, 5) is 10.1. The highest BCUT2D eigenvalue weighted by molar-refractivity contribution is 5.56. The Kier molecular flexibility index (Phi) is 4.12. The number of rotatable bonds is 4. The molecule has 1 atom stereocenters. The van der Waals surface area contributed by atoms with Gasteiger partial charge in [0.25, 0.3) is 5.69 Å². The maximum absolute atomic E-state index is 10.6. The molecule has 0 spiro atoms. The van der Waals surface area contributed by atoms with E-state index in [1.807, 2.05) is 30.4 Å². The number of nitro benzene ring substituents is 1. The van der Waals surface area contributed by atoms with Crippen LogP contribution < -0.4 is 5.73 Å². The van der Waals surface area contributed by atoms with E-state index in [2.05, 4.69) is 0 Å². The molecule has 0 aromatic heterocycles. The minimum atomic E-state index is -0.718. The average molecular weight is 272 g/mol. The Hall–Kier alpha value is -2.24. The topological polar surface area (TPSA) is 78.4 Å². The first-order valence-electron chi connectivity index (χ1n) is 6.18. The van der Waals surface area contributed by atoms with Gasteiger partial charge in [-0.1, -0.05) is 24.3 Å². The molecule has 5 nitrogen and oxygen atoms in total. The molecule has 0 bridgehead atoms. The molecule has 0 aliphatic heterocycles. The van der Waals surface area contributed by atoms with Crippen LogP contribution in [0.4, 0.5) is 5.69 Å². The van der Waals surface area contributed by atoms with Crippen LogP contribution in [0.15, 0.2) is 54.1 Å². The third-order valence-electron chi connectivity index (χ3n) is 3.17. The van der Waals surface area contributed by atoms with Gasteiger partial charge in [0, 0.05) is 25.7 Å². The number of benzene rings is 1. The van der Waals surface area contributed by atoms with Crippen molar-refractivity contribution in [3.63, 3.8) is 0 Å². The summed E-state index contributed by atoms with van der Waals surface area (Å²) < 4.78 is 5.18. The zero-order chi connectivity index (χ0) is 14.6. The summed E-state index contributed by atoms with van der Waals surface area (Å²) in [5.41, 5.74) is 7.24. The molecule has 0 radical (unpaired) electrons. The van der Waals surface area contributed by atoms with E-state index in [0.29, 0.717) is 6.42 Å². The Balaban J connectivity index is 2.04. The third kappa shape index (κ3) is 3.40. The number of nitrogens with zero attached hydrogens (tertiary/aromatic N) is 1. The SMILES string of the molecule is COC1(N)C=CC(C=Cc2ccc([N+](=O)[O-])cc2)=CC1. The minimum Gasteiger partial charge on any atom is -0.360 e. The molecule has 20 heavy (non-hydrogen) atoms. The minimum absolute atomic E-state index is 0.0898. The van der Waals surface area contributed by atoms with Crippen molar-refractivity contribution in [3.05, 3.63) is 69.8 Å². The van der Waals surface area contributed by atoms with E-state index < -0.39 is 10.6 Å². The van der Waals surface area contributed by atoms with Crippen LogP contribution in [-0.2, 0) is 4.74 Å². The van der Waals surface area contributed by atoms with E-state index in [0.717, 1.165) is 11.1 Å². The lowest BCUT2D eigenvalue weighted by Crippen LogP contribution is -2.40. The second kappa shape index (κ2) is 5.81. The van der Waals surface area contributed by atoms with E-state index in [4.69, 9.17) is 10.5 Å². The molecule has 0 fully saturated rings. The molecule has 0 saturated heterocycles. The number of methoxy groups -OCH3 is 1. The molecule has 1 aliphatic carbocycles. The fraction of sp³-hybridized carbons (Fsp3) is 0.200. The zero-order valence-electron chi connectivity index (χ0n) is 11.2. The number of non-ortho nitro benzene ring substituents is 1. The van der Waals surface area contributed by atoms with Crippen LogP contribution in [0.25, 0.3) is 6.08 Å². The van der Waals surface area contributed by atoms with Gasteiger partial charge in [-0.05, 0) is 29.3 Å². The highest BCUT2D eigenvalue weighted by Gasteiger charge is 2.21. The number of nitro groups is 1. The molecule has 0 saturated carbocycles. The Bertz CT molecular complexity index is 588. The van der Waals surface area contributed by atoms with E-state index in [1.165, 1.54) is 12.1 Å². The number of hydrogen-bond donors (Lipinski definition) is 1. The quantitative estimate of drug-likeness (QED) is 0.519. The first-order valence-corrected chi connectivity index (χ1v) is 6.18. The van der Waals surface area contributed by atoms with Crippen molar-refractivity contribution in [1.82, 2.24) is 0 Å². The highest BCUT2D eigenvalue weighted by Crippen LogP contribution is 2.21. The van der Waals surface area contributed by atoms with Gasteiger partial charge < -0.3 is 4.74 Å². The summed E-state index contributed by atoms with van der Waals surface area (Å²) in [6.07, 6.45) is 10.2. The monoisotopic (exact) mass is 272 g/mol. The van der Waals surface area contributed by atoms with Crippen LogP contribution >= 0.6 is 0 Å². The molecule has 0 heterocycles. The Morgan fingerprint density at radius 3 is 2.55 bits per heavy atom. The molecular formula is C15H16N2O3. The molecule has 1 unspecified atom stereocenters. The van der Waals surface area contributed by atoms with E-state index in [-0.39, 0.29) is 5.69 Å². The van der Waals surface area contributed by atoms with Gasteiger partial charge in [-0.2, -0.15) is 0 Å². The van der Waals surface area contributed by atoms with Gasteiger partial charge in [0.1, 0.15) is 5.72 Å². The van der Waals surface area contributed by atoms with Gasteiger partial charge in [-0.15, -0.1) is 0 Å². The standard InChI is InChI=1S/C15H16N2O3/c1-20-15(16)10-8-13(9-11-15)3-2-12-4-6-14(7-5-12)17(18)19/h2-10H,11,16H2,1H3. The summed E-state index contributed by atoms with van der Waals surface area (Å²) in [5, 5.41) is 10.6. The molecule has 1 aromatic carbocycles. The summed E-state index contributed by atoms with van der Waals surface area (Å²) in [6.45, 7) is 0. The molecule has 104 valence electrons. The number of allylic oxidation sites excluding steroid dienone is 3. The molecule has 2 rings (SSSR count). The molecule has 5 heteroatoms. The maximum Gasteiger partial charge on any atom is 0.269 e.